The van der Waals surface area contributed by atoms with Gasteiger partial charge in [-0.2, -0.15) is 5.10 Å². The van der Waals surface area contributed by atoms with Crippen LogP contribution in [0.2, 0.25) is 0 Å². The van der Waals surface area contributed by atoms with Crippen molar-refractivity contribution in [3.63, 3.8) is 0 Å². The Morgan fingerprint density at radius 1 is 1.38 bits per heavy atom. The molecule has 2 heterocycles. The zero-order valence-electron chi connectivity index (χ0n) is 11.7. The van der Waals surface area contributed by atoms with Crippen LogP contribution in [-0.2, 0) is 11.3 Å². The van der Waals surface area contributed by atoms with Gasteiger partial charge in [0.1, 0.15) is 0 Å². The number of amides is 1. The third kappa shape index (κ3) is 4.06. The first-order valence-electron chi connectivity index (χ1n) is 6.92. The van der Waals surface area contributed by atoms with E-state index in [9.17, 15) is 4.79 Å². The van der Waals surface area contributed by atoms with Crippen LogP contribution in [0.4, 0.5) is 5.69 Å². The molecule has 0 unspecified atom stereocenters. The quantitative estimate of drug-likeness (QED) is 0.909. The smallest absolute Gasteiger partial charge is 0.241 e. The molecule has 1 atom stereocenters. The third-order valence-corrected chi connectivity index (χ3v) is 3.50. The number of aromatic nitrogens is 2. The largest absolute Gasteiger partial charge is 0.325 e. The first kappa shape index (κ1) is 15.5. The van der Waals surface area contributed by atoms with E-state index in [1.165, 1.54) is 0 Å². The van der Waals surface area contributed by atoms with E-state index in [1.54, 1.807) is 6.20 Å². The Morgan fingerprint density at radius 3 is 2.81 bits per heavy atom. The first-order valence-corrected chi connectivity index (χ1v) is 6.92. The molecule has 1 aliphatic rings. The molecule has 0 spiro atoms. The standard InChI is InChI=1S/C15H18N4O.ClH/c20-15(14-3-1-8-16-14)18-13-6-4-12(5-7-13)11-19-10-2-9-17-19;/h2,4-7,9-10,14,16H,1,3,8,11H2,(H,18,20);1H/t14-;/m0./s1. The van der Waals surface area contributed by atoms with E-state index in [0.29, 0.717) is 0 Å². The average Bonchev–Trinajstić information content (AvgIpc) is 3.13. The molecule has 1 aromatic carbocycles. The van der Waals surface area contributed by atoms with Gasteiger partial charge in [0, 0.05) is 18.1 Å². The number of hydrogen-bond acceptors (Lipinski definition) is 3. The number of nitrogens with one attached hydrogen (secondary N) is 2. The lowest BCUT2D eigenvalue weighted by molar-refractivity contribution is -0.117. The monoisotopic (exact) mass is 306 g/mol. The molecule has 21 heavy (non-hydrogen) atoms. The number of carbonyl (C=O) groups is 1. The van der Waals surface area contributed by atoms with Crippen molar-refractivity contribution in [1.82, 2.24) is 15.1 Å². The van der Waals surface area contributed by atoms with Gasteiger partial charge in [0.15, 0.2) is 0 Å². The molecule has 112 valence electrons. The van der Waals surface area contributed by atoms with Crippen molar-refractivity contribution in [2.45, 2.75) is 25.4 Å². The van der Waals surface area contributed by atoms with Gasteiger partial charge in [-0.05, 0) is 43.1 Å². The highest BCUT2D eigenvalue weighted by atomic mass is 35.5. The number of hydrogen-bond donors (Lipinski definition) is 2. The number of halogens is 1. The van der Waals surface area contributed by atoms with Crippen molar-refractivity contribution in [2.24, 2.45) is 0 Å². The summed E-state index contributed by atoms with van der Waals surface area (Å²) in [5.74, 6) is 0.0577. The van der Waals surface area contributed by atoms with Crippen LogP contribution in [-0.4, -0.2) is 28.3 Å². The molecule has 3 rings (SSSR count). The van der Waals surface area contributed by atoms with Gasteiger partial charge in [-0.1, -0.05) is 12.1 Å². The molecule has 6 heteroatoms. The molecule has 0 saturated carbocycles. The second-order valence-electron chi connectivity index (χ2n) is 5.04. The summed E-state index contributed by atoms with van der Waals surface area (Å²) in [5.41, 5.74) is 2.00. The van der Waals surface area contributed by atoms with E-state index in [-0.39, 0.29) is 24.4 Å². The maximum absolute atomic E-state index is 12.0. The zero-order chi connectivity index (χ0) is 13.8. The van der Waals surface area contributed by atoms with Crippen molar-refractivity contribution in [1.29, 1.82) is 0 Å². The van der Waals surface area contributed by atoms with Gasteiger partial charge in [0.05, 0.1) is 12.6 Å². The molecule has 5 nitrogen and oxygen atoms in total. The van der Waals surface area contributed by atoms with Crippen LogP contribution >= 0.6 is 12.4 Å². The molecule has 1 amide bonds. The minimum atomic E-state index is -0.0428. The van der Waals surface area contributed by atoms with Gasteiger partial charge in [-0.15, -0.1) is 12.4 Å². The fourth-order valence-corrected chi connectivity index (χ4v) is 2.41. The summed E-state index contributed by atoms with van der Waals surface area (Å²) in [6.07, 6.45) is 5.69. The van der Waals surface area contributed by atoms with Crippen LogP contribution in [0.15, 0.2) is 42.7 Å². The van der Waals surface area contributed by atoms with Crippen molar-refractivity contribution < 1.29 is 4.79 Å². The van der Waals surface area contributed by atoms with Crippen LogP contribution in [0.1, 0.15) is 18.4 Å². The lowest BCUT2D eigenvalue weighted by Gasteiger charge is -2.11. The van der Waals surface area contributed by atoms with E-state index in [1.807, 2.05) is 41.2 Å². The number of carbonyl (C=O) groups excluding carboxylic acids is 1. The van der Waals surface area contributed by atoms with Gasteiger partial charge in [0.2, 0.25) is 5.91 Å². The van der Waals surface area contributed by atoms with Gasteiger partial charge < -0.3 is 10.6 Å². The summed E-state index contributed by atoms with van der Waals surface area (Å²) >= 11 is 0. The Balaban J connectivity index is 0.00000161. The Hall–Kier alpha value is -1.85. The van der Waals surface area contributed by atoms with Crippen LogP contribution < -0.4 is 10.6 Å². The highest BCUT2D eigenvalue weighted by Gasteiger charge is 2.21. The Kier molecular flexibility index (Phi) is 5.36. The molecule has 0 aliphatic carbocycles. The van der Waals surface area contributed by atoms with Gasteiger partial charge in [-0.3, -0.25) is 9.48 Å². The molecule has 1 aliphatic heterocycles. The highest BCUT2D eigenvalue weighted by molar-refractivity contribution is 5.95. The Morgan fingerprint density at radius 2 is 2.19 bits per heavy atom. The minimum Gasteiger partial charge on any atom is -0.325 e. The summed E-state index contributed by atoms with van der Waals surface area (Å²) < 4.78 is 1.87. The summed E-state index contributed by atoms with van der Waals surface area (Å²) in [6, 6.07) is 9.76. The van der Waals surface area contributed by atoms with Crippen LogP contribution in [0.25, 0.3) is 0 Å². The molecule has 2 N–H and O–H groups in total. The minimum absolute atomic E-state index is 0. The normalized spacial score (nSPS) is 17.2. The van der Waals surface area contributed by atoms with E-state index in [4.69, 9.17) is 0 Å². The fourth-order valence-electron chi connectivity index (χ4n) is 2.41. The number of anilines is 1. The summed E-state index contributed by atoms with van der Waals surface area (Å²) in [7, 11) is 0. The third-order valence-electron chi connectivity index (χ3n) is 3.50. The van der Waals surface area contributed by atoms with E-state index in [2.05, 4.69) is 15.7 Å². The van der Waals surface area contributed by atoms with Crippen molar-refractivity contribution >= 4 is 24.0 Å². The highest BCUT2D eigenvalue weighted by Crippen LogP contribution is 2.13. The Bertz CT molecular complexity index is 562. The summed E-state index contributed by atoms with van der Waals surface area (Å²) in [6.45, 7) is 1.67. The molecular weight excluding hydrogens is 288 g/mol. The predicted molar refractivity (Wildman–Crippen MR) is 84.7 cm³/mol. The van der Waals surface area contributed by atoms with Gasteiger partial charge in [0.25, 0.3) is 0 Å². The lowest BCUT2D eigenvalue weighted by atomic mass is 10.2. The SMILES string of the molecule is Cl.O=C(Nc1ccc(Cn2cccn2)cc1)[C@@H]1CCCN1. The maximum Gasteiger partial charge on any atom is 0.241 e. The lowest BCUT2D eigenvalue weighted by Crippen LogP contribution is -2.35. The molecule has 1 aromatic heterocycles. The van der Waals surface area contributed by atoms with Crippen molar-refractivity contribution in [2.75, 3.05) is 11.9 Å². The first-order chi connectivity index (χ1) is 9.81. The van der Waals surface area contributed by atoms with Crippen LogP contribution in [0, 0.1) is 0 Å². The number of nitrogens with zero attached hydrogens (tertiary/aromatic N) is 2. The van der Waals surface area contributed by atoms with Gasteiger partial charge >= 0.3 is 0 Å². The molecule has 0 bridgehead atoms. The zero-order valence-corrected chi connectivity index (χ0v) is 12.5. The van der Waals surface area contributed by atoms with Crippen molar-refractivity contribution in [3.8, 4) is 0 Å². The molecular formula is C15H19ClN4O. The van der Waals surface area contributed by atoms with E-state index < -0.39 is 0 Å². The summed E-state index contributed by atoms with van der Waals surface area (Å²) in [5, 5.41) is 10.3. The van der Waals surface area contributed by atoms with E-state index in [0.717, 1.165) is 37.2 Å². The summed E-state index contributed by atoms with van der Waals surface area (Å²) in [4.78, 5) is 12.0. The van der Waals surface area contributed by atoms with Gasteiger partial charge in [-0.25, -0.2) is 0 Å². The predicted octanol–water partition coefficient (Wildman–Crippen LogP) is 2.04. The second-order valence-corrected chi connectivity index (χ2v) is 5.04. The molecule has 0 radical (unpaired) electrons. The topological polar surface area (TPSA) is 59.0 Å². The van der Waals surface area contributed by atoms with Crippen LogP contribution in [0.3, 0.4) is 0 Å². The van der Waals surface area contributed by atoms with E-state index >= 15 is 0 Å². The maximum atomic E-state index is 12.0. The molecule has 2 aromatic rings. The van der Waals surface area contributed by atoms with Crippen LogP contribution in [0.5, 0.6) is 0 Å². The number of benzene rings is 1. The fraction of sp³-hybridized carbons (Fsp3) is 0.333. The Labute approximate surface area is 130 Å². The molecule has 1 saturated heterocycles. The second kappa shape index (κ2) is 7.24. The van der Waals surface area contributed by atoms with Crippen molar-refractivity contribution in [3.05, 3.63) is 48.3 Å². The average molecular weight is 307 g/mol. The molecule has 1 fully saturated rings. The number of rotatable bonds is 4.